The molecule has 6 nitrogen and oxygen atoms in total. The number of ketones is 1. The summed E-state index contributed by atoms with van der Waals surface area (Å²) in [6, 6.07) is 7.85. The van der Waals surface area contributed by atoms with Crippen LogP contribution in [0.1, 0.15) is 32.1 Å². The van der Waals surface area contributed by atoms with Crippen molar-refractivity contribution in [2.24, 2.45) is 0 Å². The molecule has 0 atom stereocenters. The molecule has 0 radical (unpaired) electrons. The highest BCUT2D eigenvalue weighted by Crippen LogP contribution is 2.11. The second kappa shape index (κ2) is 5.71. The number of hydrogen-bond donors (Lipinski definition) is 1. The standard InChI is InChI=1S/C14H9N3O3/c15-6-9-7-16-13(17-8-9)5-12(18)10-3-1-2-4-11(10)14(19)20/h1-4,7-8H,5H2,(H,19,20). The number of benzene rings is 1. The zero-order valence-electron chi connectivity index (χ0n) is 10.3. The van der Waals surface area contributed by atoms with E-state index in [2.05, 4.69) is 9.97 Å². The maximum atomic E-state index is 12.1. The molecule has 1 aromatic carbocycles. The number of carboxylic acids is 1. The predicted octanol–water partition coefficient (Wildman–Crippen LogP) is 1.47. The lowest BCUT2D eigenvalue weighted by atomic mass is 10.0. The number of nitrogens with zero attached hydrogens (tertiary/aromatic N) is 3. The number of carboxylic acid groups (broad SMARTS) is 1. The average Bonchev–Trinajstić information content (AvgIpc) is 2.48. The first-order valence-electron chi connectivity index (χ1n) is 5.68. The Kier molecular flexibility index (Phi) is 3.82. The van der Waals surface area contributed by atoms with Crippen LogP contribution in [0.15, 0.2) is 36.7 Å². The summed E-state index contributed by atoms with van der Waals surface area (Å²) in [6.45, 7) is 0. The molecular weight excluding hydrogens is 258 g/mol. The first kappa shape index (κ1) is 13.4. The fourth-order valence-corrected chi connectivity index (χ4v) is 1.66. The van der Waals surface area contributed by atoms with Gasteiger partial charge in [-0.1, -0.05) is 18.2 Å². The Labute approximate surface area is 114 Å². The maximum Gasteiger partial charge on any atom is 0.336 e. The third-order valence-corrected chi connectivity index (χ3v) is 2.61. The molecule has 0 aliphatic heterocycles. The third-order valence-electron chi connectivity index (χ3n) is 2.61. The van der Waals surface area contributed by atoms with Gasteiger partial charge in [0.15, 0.2) is 5.78 Å². The highest BCUT2D eigenvalue weighted by molar-refractivity contribution is 6.06. The molecule has 0 unspecified atom stereocenters. The van der Waals surface area contributed by atoms with Crippen LogP contribution >= 0.6 is 0 Å². The molecule has 0 amide bonds. The van der Waals surface area contributed by atoms with Crippen LogP contribution in [-0.4, -0.2) is 26.8 Å². The molecule has 20 heavy (non-hydrogen) atoms. The number of aromatic carboxylic acids is 1. The topological polar surface area (TPSA) is 104 Å². The van der Waals surface area contributed by atoms with E-state index >= 15 is 0 Å². The summed E-state index contributed by atoms with van der Waals surface area (Å²) in [6.07, 6.45) is 2.52. The summed E-state index contributed by atoms with van der Waals surface area (Å²) >= 11 is 0. The first-order chi connectivity index (χ1) is 9.61. The maximum absolute atomic E-state index is 12.1. The zero-order valence-corrected chi connectivity index (χ0v) is 10.3. The largest absolute Gasteiger partial charge is 0.478 e. The average molecular weight is 267 g/mol. The van der Waals surface area contributed by atoms with Crippen molar-refractivity contribution in [2.75, 3.05) is 0 Å². The number of aromatic nitrogens is 2. The molecule has 2 aromatic rings. The second-order valence-corrected chi connectivity index (χ2v) is 3.95. The van der Waals surface area contributed by atoms with Crippen molar-refractivity contribution >= 4 is 11.8 Å². The predicted molar refractivity (Wildman–Crippen MR) is 68.2 cm³/mol. The highest BCUT2D eigenvalue weighted by atomic mass is 16.4. The van der Waals surface area contributed by atoms with Crippen LogP contribution < -0.4 is 0 Å². The van der Waals surface area contributed by atoms with Crippen LogP contribution in [0.25, 0.3) is 0 Å². The monoisotopic (exact) mass is 267 g/mol. The Balaban J connectivity index is 2.24. The molecule has 0 bridgehead atoms. The van der Waals surface area contributed by atoms with Gasteiger partial charge in [-0.25, -0.2) is 14.8 Å². The molecule has 0 aliphatic carbocycles. The van der Waals surface area contributed by atoms with Gasteiger partial charge in [-0.15, -0.1) is 0 Å². The Hall–Kier alpha value is -3.07. The van der Waals surface area contributed by atoms with Crippen LogP contribution in [-0.2, 0) is 6.42 Å². The molecule has 1 heterocycles. The van der Waals surface area contributed by atoms with Gasteiger partial charge in [0.25, 0.3) is 0 Å². The van der Waals surface area contributed by atoms with E-state index in [0.717, 1.165) is 0 Å². The molecule has 2 rings (SSSR count). The van der Waals surface area contributed by atoms with Crippen molar-refractivity contribution in [3.8, 4) is 6.07 Å². The summed E-state index contributed by atoms with van der Waals surface area (Å²) in [4.78, 5) is 30.9. The molecule has 6 heteroatoms. The fourth-order valence-electron chi connectivity index (χ4n) is 1.66. The third kappa shape index (κ3) is 2.84. The van der Waals surface area contributed by atoms with Gasteiger partial charge in [0.1, 0.15) is 11.9 Å². The van der Waals surface area contributed by atoms with Crippen molar-refractivity contribution in [1.29, 1.82) is 5.26 Å². The smallest absolute Gasteiger partial charge is 0.336 e. The number of carbonyl (C=O) groups excluding carboxylic acids is 1. The van der Waals surface area contributed by atoms with E-state index in [1.165, 1.54) is 24.5 Å². The van der Waals surface area contributed by atoms with Crippen LogP contribution in [0, 0.1) is 11.3 Å². The van der Waals surface area contributed by atoms with E-state index in [1.807, 2.05) is 6.07 Å². The lowest BCUT2D eigenvalue weighted by molar-refractivity contribution is 0.0692. The molecular formula is C14H9N3O3. The van der Waals surface area contributed by atoms with E-state index in [4.69, 9.17) is 10.4 Å². The summed E-state index contributed by atoms with van der Waals surface area (Å²) < 4.78 is 0. The van der Waals surface area contributed by atoms with Crippen molar-refractivity contribution in [1.82, 2.24) is 9.97 Å². The van der Waals surface area contributed by atoms with E-state index in [0.29, 0.717) is 5.56 Å². The van der Waals surface area contributed by atoms with Gasteiger partial charge < -0.3 is 5.11 Å². The van der Waals surface area contributed by atoms with E-state index in [1.54, 1.807) is 12.1 Å². The van der Waals surface area contributed by atoms with Gasteiger partial charge in [0.2, 0.25) is 0 Å². The van der Waals surface area contributed by atoms with E-state index in [-0.39, 0.29) is 29.2 Å². The minimum absolute atomic E-state index is 0.0499. The summed E-state index contributed by atoms with van der Waals surface area (Å²) in [5.74, 6) is -1.29. The number of Topliss-reactive ketones (excluding diaryl/α,β-unsaturated/α-hetero) is 1. The molecule has 0 saturated carbocycles. The van der Waals surface area contributed by atoms with Gasteiger partial charge in [0.05, 0.1) is 17.5 Å². The lowest BCUT2D eigenvalue weighted by Crippen LogP contribution is -2.12. The van der Waals surface area contributed by atoms with Gasteiger partial charge >= 0.3 is 5.97 Å². The minimum Gasteiger partial charge on any atom is -0.478 e. The molecule has 0 aliphatic rings. The SMILES string of the molecule is N#Cc1cnc(CC(=O)c2ccccc2C(=O)O)nc1. The number of hydrogen-bond acceptors (Lipinski definition) is 5. The lowest BCUT2D eigenvalue weighted by Gasteiger charge is -2.04. The van der Waals surface area contributed by atoms with Gasteiger partial charge in [-0.05, 0) is 6.07 Å². The van der Waals surface area contributed by atoms with Crippen LogP contribution in [0.5, 0.6) is 0 Å². The summed E-state index contributed by atoms with van der Waals surface area (Å²) in [5, 5.41) is 17.7. The van der Waals surface area contributed by atoms with E-state index < -0.39 is 5.97 Å². The zero-order chi connectivity index (χ0) is 14.5. The molecule has 98 valence electrons. The second-order valence-electron chi connectivity index (χ2n) is 3.95. The van der Waals surface area contributed by atoms with E-state index in [9.17, 15) is 9.59 Å². The molecule has 0 spiro atoms. The van der Waals surface area contributed by atoms with Gasteiger partial charge in [-0.3, -0.25) is 4.79 Å². The van der Waals surface area contributed by atoms with Crippen molar-refractivity contribution < 1.29 is 14.7 Å². The Morgan fingerprint density at radius 3 is 2.30 bits per heavy atom. The van der Waals surface area contributed by atoms with Crippen LogP contribution in [0.3, 0.4) is 0 Å². The quantitative estimate of drug-likeness (QED) is 0.841. The number of carbonyl (C=O) groups is 2. The van der Waals surface area contributed by atoms with Gasteiger partial charge in [-0.2, -0.15) is 5.26 Å². The highest BCUT2D eigenvalue weighted by Gasteiger charge is 2.16. The molecule has 1 aromatic heterocycles. The summed E-state index contributed by atoms with van der Waals surface area (Å²) in [7, 11) is 0. The Bertz CT molecular complexity index is 702. The van der Waals surface area contributed by atoms with Gasteiger partial charge in [0, 0.05) is 18.0 Å². The van der Waals surface area contributed by atoms with Crippen LogP contribution in [0.2, 0.25) is 0 Å². The van der Waals surface area contributed by atoms with Crippen molar-refractivity contribution in [2.45, 2.75) is 6.42 Å². The Morgan fingerprint density at radius 1 is 1.15 bits per heavy atom. The number of rotatable bonds is 4. The molecule has 1 N–H and O–H groups in total. The van der Waals surface area contributed by atoms with Crippen molar-refractivity contribution in [3.63, 3.8) is 0 Å². The first-order valence-corrected chi connectivity index (χ1v) is 5.68. The molecule has 0 fully saturated rings. The summed E-state index contributed by atoms with van der Waals surface area (Å²) in [5.41, 5.74) is 0.367. The molecule has 0 saturated heterocycles. The Morgan fingerprint density at radius 2 is 1.75 bits per heavy atom. The van der Waals surface area contributed by atoms with Crippen LogP contribution in [0.4, 0.5) is 0 Å². The fraction of sp³-hybridized carbons (Fsp3) is 0.0714. The number of nitriles is 1. The van der Waals surface area contributed by atoms with Crippen molar-refractivity contribution in [3.05, 3.63) is 59.2 Å². The minimum atomic E-state index is -1.16. The normalized spacial score (nSPS) is 9.75.